The second-order valence-electron chi connectivity index (χ2n) is 9.85. The van der Waals surface area contributed by atoms with Crippen molar-refractivity contribution in [2.24, 2.45) is 0 Å². The topological polar surface area (TPSA) is 85.7 Å². The molecule has 0 fully saturated rings. The standard InChI is InChI=1S/C31H31FN4O4S/c1-19(2)33-26(37)17-35-27(38)18-41-30(21-10-15-24(39-3)25(16-21)40-4)28-29(20-8-6-5-7-9-20)34-36(31(28)35)23-13-11-22(32)12-14-23/h5-16,19,30H,17-18H2,1-4H3,(H,33,37)/t30-/m1/s1. The van der Waals surface area contributed by atoms with E-state index >= 15 is 0 Å². The van der Waals surface area contributed by atoms with Crippen molar-refractivity contribution < 1.29 is 23.5 Å². The third-order valence-corrected chi connectivity index (χ3v) is 7.92. The minimum atomic E-state index is -0.390. The Balaban J connectivity index is 1.80. The molecule has 3 aromatic carbocycles. The van der Waals surface area contributed by atoms with E-state index in [2.05, 4.69) is 5.32 Å². The lowest BCUT2D eigenvalue weighted by atomic mass is 9.99. The number of methoxy groups -OCH3 is 2. The molecule has 1 N–H and O–H groups in total. The number of halogens is 1. The van der Waals surface area contributed by atoms with Crippen LogP contribution in [0.4, 0.5) is 10.2 Å². The number of hydrogen-bond acceptors (Lipinski definition) is 6. The lowest BCUT2D eigenvalue weighted by Crippen LogP contribution is -2.44. The molecule has 0 aliphatic carbocycles. The molecule has 0 unspecified atom stereocenters. The van der Waals surface area contributed by atoms with Crippen molar-refractivity contribution in [3.8, 4) is 28.4 Å². The number of benzene rings is 3. The van der Waals surface area contributed by atoms with Gasteiger partial charge in [-0.1, -0.05) is 36.4 Å². The van der Waals surface area contributed by atoms with Crippen molar-refractivity contribution in [3.05, 3.63) is 89.7 Å². The number of carbonyl (C=O) groups excluding carboxylic acids is 2. The van der Waals surface area contributed by atoms with Crippen LogP contribution in [0.3, 0.4) is 0 Å². The van der Waals surface area contributed by atoms with E-state index in [9.17, 15) is 14.0 Å². The third kappa shape index (κ3) is 5.78. The Morgan fingerprint density at radius 3 is 2.41 bits per heavy atom. The fourth-order valence-electron chi connectivity index (χ4n) is 4.88. The van der Waals surface area contributed by atoms with Gasteiger partial charge in [0.25, 0.3) is 0 Å². The summed E-state index contributed by atoms with van der Waals surface area (Å²) in [5, 5.41) is 7.55. The zero-order valence-electron chi connectivity index (χ0n) is 23.3. The number of anilines is 1. The van der Waals surface area contributed by atoms with Gasteiger partial charge >= 0.3 is 0 Å². The van der Waals surface area contributed by atoms with E-state index in [0.717, 1.165) is 16.7 Å². The van der Waals surface area contributed by atoms with Crippen LogP contribution in [0.2, 0.25) is 0 Å². The van der Waals surface area contributed by atoms with Gasteiger partial charge in [0, 0.05) is 17.2 Å². The summed E-state index contributed by atoms with van der Waals surface area (Å²) in [6, 6.07) is 21.2. The molecule has 0 saturated carbocycles. The number of ether oxygens (including phenoxy) is 2. The molecule has 1 aromatic heterocycles. The van der Waals surface area contributed by atoms with Crippen molar-refractivity contribution in [1.29, 1.82) is 0 Å². The maximum absolute atomic E-state index is 14.0. The molecular weight excluding hydrogens is 543 g/mol. The van der Waals surface area contributed by atoms with E-state index in [1.807, 2.05) is 62.4 Å². The number of aromatic nitrogens is 2. The predicted octanol–water partition coefficient (Wildman–Crippen LogP) is 5.39. The lowest BCUT2D eigenvalue weighted by Gasteiger charge is -2.24. The third-order valence-electron chi connectivity index (χ3n) is 6.67. The highest BCUT2D eigenvalue weighted by Crippen LogP contribution is 2.49. The van der Waals surface area contributed by atoms with E-state index < -0.39 is 5.82 Å². The Hall–Kier alpha value is -4.31. The number of carbonyl (C=O) groups is 2. The first-order valence-corrected chi connectivity index (χ1v) is 14.2. The van der Waals surface area contributed by atoms with Crippen LogP contribution in [0.1, 0.15) is 30.2 Å². The normalized spacial score (nSPS) is 14.9. The van der Waals surface area contributed by atoms with Crippen molar-refractivity contribution in [3.63, 3.8) is 0 Å². The first-order valence-electron chi connectivity index (χ1n) is 13.2. The van der Waals surface area contributed by atoms with E-state index in [0.29, 0.717) is 28.7 Å². The summed E-state index contributed by atoms with van der Waals surface area (Å²) in [7, 11) is 3.16. The number of nitrogens with one attached hydrogen (secondary N) is 1. The molecule has 0 bridgehead atoms. The number of amides is 2. The molecule has 8 nitrogen and oxygen atoms in total. The second kappa shape index (κ2) is 12.1. The highest BCUT2D eigenvalue weighted by Gasteiger charge is 2.38. The van der Waals surface area contributed by atoms with Crippen LogP contribution >= 0.6 is 11.8 Å². The zero-order chi connectivity index (χ0) is 29.1. The summed E-state index contributed by atoms with van der Waals surface area (Å²) in [6.45, 7) is 3.55. The van der Waals surface area contributed by atoms with Gasteiger partial charge in [0.2, 0.25) is 11.8 Å². The summed E-state index contributed by atoms with van der Waals surface area (Å²) in [6.07, 6.45) is 0. The molecule has 2 amide bonds. The molecular formula is C31H31FN4O4S. The van der Waals surface area contributed by atoms with Crippen molar-refractivity contribution in [2.75, 3.05) is 31.4 Å². The molecule has 1 aliphatic rings. The summed E-state index contributed by atoms with van der Waals surface area (Å²) >= 11 is 1.45. The van der Waals surface area contributed by atoms with Gasteiger partial charge in [-0.2, -0.15) is 5.10 Å². The van der Waals surface area contributed by atoms with Crippen molar-refractivity contribution in [1.82, 2.24) is 15.1 Å². The van der Waals surface area contributed by atoms with Crippen LogP contribution < -0.4 is 19.7 Å². The van der Waals surface area contributed by atoms with Crippen LogP contribution in [0, 0.1) is 5.82 Å². The summed E-state index contributed by atoms with van der Waals surface area (Å²) in [4.78, 5) is 28.3. The molecule has 41 heavy (non-hydrogen) atoms. The Morgan fingerprint density at radius 2 is 1.76 bits per heavy atom. The monoisotopic (exact) mass is 574 g/mol. The average molecular weight is 575 g/mol. The van der Waals surface area contributed by atoms with Crippen LogP contribution in [0.15, 0.2) is 72.8 Å². The number of rotatable bonds is 8. The van der Waals surface area contributed by atoms with Crippen LogP contribution in [0.5, 0.6) is 11.5 Å². The molecule has 212 valence electrons. The van der Waals surface area contributed by atoms with E-state index in [1.54, 1.807) is 31.0 Å². The maximum Gasteiger partial charge on any atom is 0.240 e. The fourth-order valence-corrected chi connectivity index (χ4v) is 6.07. The summed E-state index contributed by atoms with van der Waals surface area (Å²) < 4.78 is 26.6. The zero-order valence-corrected chi connectivity index (χ0v) is 24.1. The molecule has 0 spiro atoms. The Kier molecular flexibility index (Phi) is 8.30. The van der Waals surface area contributed by atoms with Crippen LogP contribution in [-0.2, 0) is 9.59 Å². The molecule has 5 rings (SSSR count). The predicted molar refractivity (Wildman–Crippen MR) is 158 cm³/mol. The number of hydrogen-bond donors (Lipinski definition) is 1. The fraction of sp³-hybridized carbons (Fsp3) is 0.258. The van der Waals surface area contributed by atoms with Gasteiger partial charge in [-0.15, -0.1) is 11.8 Å². The van der Waals surface area contributed by atoms with E-state index in [4.69, 9.17) is 14.6 Å². The number of nitrogens with zero attached hydrogens (tertiary/aromatic N) is 3. The molecule has 4 aromatic rings. The van der Waals surface area contributed by atoms with Crippen LogP contribution in [0.25, 0.3) is 16.9 Å². The molecule has 1 atom stereocenters. The Bertz CT molecular complexity index is 1560. The van der Waals surface area contributed by atoms with Gasteiger partial charge in [-0.25, -0.2) is 9.07 Å². The highest BCUT2D eigenvalue weighted by atomic mass is 32.2. The first-order chi connectivity index (χ1) is 19.8. The SMILES string of the molecule is COc1ccc([C@H]2SCC(=O)N(CC(=O)NC(C)C)c3c2c(-c2ccccc2)nn3-c2ccc(F)cc2)cc1OC. The maximum atomic E-state index is 14.0. The van der Waals surface area contributed by atoms with Gasteiger partial charge < -0.3 is 14.8 Å². The summed E-state index contributed by atoms with van der Waals surface area (Å²) in [5.41, 5.74) is 3.70. The Labute approximate surface area is 242 Å². The average Bonchev–Trinajstić information content (AvgIpc) is 3.29. The van der Waals surface area contributed by atoms with Gasteiger partial charge in [0.05, 0.1) is 36.6 Å². The van der Waals surface area contributed by atoms with Crippen molar-refractivity contribution >= 4 is 29.4 Å². The number of fused-ring (bicyclic) bond motifs is 1. The van der Waals surface area contributed by atoms with Crippen LogP contribution in [-0.4, -0.2) is 54.2 Å². The molecule has 1 aliphatic heterocycles. The van der Waals surface area contributed by atoms with Gasteiger partial charge in [-0.05, 0) is 55.8 Å². The van der Waals surface area contributed by atoms with E-state index in [-0.39, 0.29) is 35.4 Å². The molecule has 2 heterocycles. The molecule has 0 radical (unpaired) electrons. The van der Waals surface area contributed by atoms with E-state index in [1.165, 1.54) is 28.8 Å². The quantitative estimate of drug-likeness (QED) is 0.304. The minimum absolute atomic E-state index is 0.0974. The Morgan fingerprint density at radius 1 is 1.05 bits per heavy atom. The first kappa shape index (κ1) is 28.2. The van der Waals surface area contributed by atoms with Gasteiger partial charge in [0.1, 0.15) is 18.2 Å². The smallest absolute Gasteiger partial charge is 0.240 e. The largest absolute Gasteiger partial charge is 0.493 e. The van der Waals surface area contributed by atoms with Crippen molar-refractivity contribution in [2.45, 2.75) is 25.1 Å². The highest BCUT2D eigenvalue weighted by molar-refractivity contribution is 8.00. The summed E-state index contributed by atoms with van der Waals surface area (Å²) in [5.74, 6) is 0.817. The molecule has 0 saturated heterocycles. The second-order valence-corrected chi connectivity index (χ2v) is 10.9. The molecule has 10 heteroatoms. The minimum Gasteiger partial charge on any atom is -0.493 e. The number of thioether (sulfide) groups is 1. The lowest BCUT2D eigenvalue weighted by molar-refractivity contribution is -0.123. The van der Waals surface area contributed by atoms with Gasteiger partial charge in [-0.3, -0.25) is 14.5 Å². The van der Waals surface area contributed by atoms with Gasteiger partial charge in [0.15, 0.2) is 11.5 Å².